The molecule has 0 bridgehead atoms. The quantitative estimate of drug-likeness (QED) is 0.618. The van der Waals surface area contributed by atoms with E-state index in [1.807, 2.05) is 24.5 Å². The zero-order valence-corrected chi connectivity index (χ0v) is 17.5. The Balaban J connectivity index is 1.44. The molecule has 0 saturated carbocycles. The van der Waals surface area contributed by atoms with Crippen LogP contribution in [0.4, 0.5) is 5.13 Å². The number of carbonyl (C=O) groups is 3. The van der Waals surface area contributed by atoms with Gasteiger partial charge in [0.15, 0.2) is 5.13 Å². The van der Waals surface area contributed by atoms with Crippen molar-refractivity contribution in [3.8, 4) is 11.3 Å². The number of likely N-dealkylation sites (tertiary alicyclic amines) is 1. The maximum Gasteiger partial charge on any atom is 0.246 e. The highest BCUT2D eigenvalue weighted by Crippen LogP contribution is 2.35. The summed E-state index contributed by atoms with van der Waals surface area (Å²) in [4.78, 5) is 43.1. The summed E-state index contributed by atoms with van der Waals surface area (Å²) in [5.74, 6) is -1.54. The minimum Gasteiger partial charge on any atom is -0.300 e. The molecule has 4 rings (SSSR count). The van der Waals surface area contributed by atoms with E-state index >= 15 is 0 Å². The van der Waals surface area contributed by atoms with Crippen LogP contribution >= 0.6 is 11.3 Å². The number of amides is 3. The number of thiazole rings is 1. The zero-order chi connectivity index (χ0) is 20.7. The summed E-state index contributed by atoms with van der Waals surface area (Å²) in [5, 5.41) is 5.09. The minimum atomic E-state index is -0.406. The fraction of sp³-hybridized carbons (Fsp3) is 0.364. The van der Waals surface area contributed by atoms with Gasteiger partial charge in [0.25, 0.3) is 0 Å². The molecule has 0 unspecified atom stereocenters. The number of fused-ring (bicyclic) bond motifs is 1. The number of nitrogens with zero attached hydrogens (tertiary/aromatic N) is 2. The van der Waals surface area contributed by atoms with Crippen molar-refractivity contribution in [3.05, 3.63) is 46.4 Å². The van der Waals surface area contributed by atoms with E-state index in [-0.39, 0.29) is 30.2 Å². The Bertz CT molecular complexity index is 1010. The molecule has 6 nitrogen and oxygen atoms in total. The van der Waals surface area contributed by atoms with Crippen molar-refractivity contribution in [2.24, 2.45) is 11.8 Å². The molecule has 150 valence electrons. The van der Waals surface area contributed by atoms with Crippen LogP contribution in [0.15, 0.2) is 29.7 Å². The number of rotatable bonds is 4. The van der Waals surface area contributed by atoms with Crippen molar-refractivity contribution >= 4 is 34.2 Å². The minimum absolute atomic E-state index is 0.245. The molecule has 1 fully saturated rings. The summed E-state index contributed by atoms with van der Waals surface area (Å²) in [6.45, 7) is 5.91. The van der Waals surface area contributed by atoms with E-state index in [4.69, 9.17) is 0 Å². The Morgan fingerprint density at radius 1 is 1.07 bits per heavy atom. The van der Waals surface area contributed by atoms with Crippen molar-refractivity contribution in [1.82, 2.24) is 9.88 Å². The third-order valence-corrected chi connectivity index (χ3v) is 6.53. The first kappa shape index (κ1) is 19.5. The number of benzene rings is 1. The van der Waals surface area contributed by atoms with Gasteiger partial charge in [0.2, 0.25) is 17.7 Å². The van der Waals surface area contributed by atoms with Crippen LogP contribution in [0.5, 0.6) is 0 Å². The van der Waals surface area contributed by atoms with Crippen LogP contribution < -0.4 is 5.32 Å². The van der Waals surface area contributed by atoms with E-state index in [0.29, 0.717) is 18.0 Å². The maximum atomic E-state index is 12.5. The highest BCUT2D eigenvalue weighted by atomic mass is 32.1. The lowest BCUT2D eigenvalue weighted by Gasteiger charge is -2.14. The summed E-state index contributed by atoms with van der Waals surface area (Å²) in [5.41, 5.74) is 5.38. The van der Waals surface area contributed by atoms with Crippen LogP contribution in [0.25, 0.3) is 11.3 Å². The molecule has 1 aliphatic carbocycles. The molecule has 2 heterocycles. The van der Waals surface area contributed by atoms with Crippen LogP contribution in [0, 0.1) is 32.6 Å². The van der Waals surface area contributed by atoms with Crippen LogP contribution in [-0.4, -0.2) is 34.2 Å². The molecular weight excluding hydrogens is 386 g/mol. The fourth-order valence-electron chi connectivity index (χ4n) is 4.02. The van der Waals surface area contributed by atoms with Gasteiger partial charge in [-0.2, -0.15) is 0 Å². The van der Waals surface area contributed by atoms with E-state index in [1.165, 1.54) is 22.5 Å². The molecule has 1 aromatic carbocycles. The molecule has 29 heavy (non-hydrogen) atoms. The summed E-state index contributed by atoms with van der Waals surface area (Å²) in [6, 6.07) is 4.23. The van der Waals surface area contributed by atoms with E-state index in [9.17, 15) is 14.4 Å². The lowest BCUT2D eigenvalue weighted by atomic mass is 9.85. The number of imide groups is 1. The predicted octanol–water partition coefficient (Wildman–Crippen LogP) is 3.63. The molecule has 2 atom stereocenters. The second kappa shape index (κ2) is 7.55. The summed E-state index contributed by atoms with van der Waals surface area (Å²) < 4.78 is 0. The Morgan fingerprint density at radius 3 is 2.34 bits per heavy atom. The predicted molar refractivity (Wildman–Crippen MR) is 112 cm³/mol. The Hall–Kier alpha value is -2.80. The number of carbonyl (C=O) groups excluding carboxylic acids is 3. The van der Waals surface area contributed by atoms with Crippen LogP contribution in [0.1, 0.15) is 29.5 Å². The van der Waals surface area contributed by atoms with Crippen molar-refractivity contribution in [2.75, 3.05) is 11.9 Å². The second-order valence-corrected chi connectivity index (χ2v) is 8.61. The normalized spacial score (nSPS) is 20.9. The van der Waals surface area contributed by atoms with Gasteiger partial charge in [-0.3, -0.25) is 19.3 Å². The van der Waals surface area contributed by atoms with E-state index in [0.717, 1.165) is 21.7 Å². The SMILES string of the molecule is Cc1cc(C)c(-c2csc(NC(=O)CN3C(=O)[C@H]4CC=CC[C@H]4C3=O)n2)cc1C. The molecule has 2 aliphatic rings. The van der Waals surface area contributed by atoms with Gasteiger partial charge in [0, 0.05) is 10.9 Å². The number of nitrogens with one attached hydrogen (secondary N) is 1. The summed E-state index contributed by atoms with van der Waals surface area (Å²) in [6.07, 6.45) is 5.00. The fourth-order valence-corrected chi connectivity index (χ4v) is 4.75. The van der Waals surface area contributed by atoms with Crippen LogP contribution in [0.3, 0.4) is 0 Å². The second-order valence-electron chi connectivity index (χ2n) is 7.76. The Labute approximate surface area is 173 Å². The third-order valence-electron chi connectivity index (χ3n) is 5.77. The molecular formula is C22H23N3O3S. The smallest absolute Gasteiger partial charge is 0.246 e. The first-order valence-electron chi connectivity index (χ1n) is 9.69. The van der Waals surface area contributed by atoms with Crippen molar-refractivity contribution in [3.63, 3.8) is 0 Å². The molecule has 1 aromatic heterocycles. The van der Waals surface area contributed by atoms with E-state index < -0.39 is 5.91 Å². The van der Waals surface area contributed by atoms with E-state index in [2.05, 4.69) is 36.3 Å². The van der Waals surface area contributed by atoms with Crippen molar-refractivity contribution < 1.29 is 14.4 Å². The average molecular weight is 410 g/mol. The van der Waals surface area contributed by atoms with Gasteiger partial charge < -0.3 is 5.32 Å². The standard InChI is InChI=1S/C22H23N3O3S/c1-12-8-14(3)17(9-13(12)2)18-11-29-22(23-18)24-19(26)10-25-20(27)15-6-4-5-7-16(15)21(25)28/h4-5,8-9,11,15-16H,6-7,10H2,1-3H3,(H,23,24,26)/t15-,16+. The summed E-state index contributed by atoms with van der Waals surface area (Å²) >= 11 is 1.33. The number of allylic oxidation sites excluding steroid dienone is 2. The first-order valence-corrected chi connectivity index (χ1v) is 10.6. The number of anilines is 1. The lowest BCUT2D eigenvalue weighted by molar-refractivity contribution is -0.142. The van der Waals surface area contributed by atoms with Gasteiger partial charge in [-0.25, -0.2) is 4.98 Å². The average Bonchev–Trinajstić information content (AvgIpc) is 3.24. The van der Waals surface area contributed by atoms with Gasteiger partial charge >= 0.3 is 0 Å². The largest absolute Gasteiger partial charge is 0.300 e. The number of aromatic nitrogens is 1. The molecule has 2 aromatic rings. The number of hydrogen-bond donors (Lipinski definition) is 1. The van der Waals surface area contributed by atoms with E-state index in [1.54, 1.807) is 0 Å². The first-order chi connectivity index (χ1) is 13.8. The highest BCUT2D eigenvalue weighted by molar-refractivity contribution is 7.14. The molecule has 7 heteroatoms. The number of aryl methyl sites for hydroxylation is 3. The zero-order valence-electron chi connectivity index (χ0n) is 16.7. The van der Waals surface area contributed by atoms with Gasteiger partial charge in [-0.15, -0.1) is 11.3 Å². The summed E-state index contributed by atoms with van der Waals surface area (Å²) in [7, 11) is 0. The third kappa shape index (κ3) is 3.62. The Morgan fingerprint density at radius 2 is 1.69 bits per heavy atom. The van der Waals surface area contributed by atoms with Gasteiger partial charge in [-0.1, -0.05) is 18.2 Å². The van der Waals surface area contributed by atoms with Gasteiger partial charge in [0.1, 0.15) is 6.54 Å². The van der Waals surface area contributed by atoms with Crippen molar-refractivity contribution in [2.45, 2.75) is 33.6 Å². The van der Waals surface area contributed by atoms with Gasteiger partial charge in [-0.05, 0) is 56.4 Å². The van der Waals surface area contributed by atoms with Crippen LogP contribution in [0.2, 0.25) is 0 Å². The maximum absolute atomic E-state index is 12.5. The topological polar surface area (TPSA) is 79.4 Å². The molecule has 1 saturated heterocycles. The molecule has 1 aliphatic heterocycles. The van der Waals surface area contributed by atoms with Crippen LogP contribution in [-0.2, 0) is 14.4 Å². The Kier molecular flexibility index (Phi) is 5.08. The monoisotopic (exact) mass is 409 g/mol. The van der Waals surface area contributed by atoms with Gasteiger partial charge in [0.05, 0.1) is 17.5 Å². The van der Waals surface area contributed by atoms with Crippen molar-refractivity contribution in [1.29, 1.82) is 0 Å². The molecule has 0 radical (unpaired) electrons. The molecule has 0 spiro atoms. The number of hydrogen-bond acceptors (Lipinski definition) is 5. The molecule has 1 N–H and O–H groups in total. The lowest BCUT2D eigenvalue weighted by Crippen LogP contribution is -2.38. The highest BCUT2D eigenvalue weighted by Gasteiger charge is 2.47. The molecule has 3 amide bonds.